The monoisotopic (exact) mass is 349 g/mol. The number of benzene rings is 1. The average Bonchev–Trinajstić information content (AvgIpc) is 3.15. The van der Waals surface area contributed by atoms with Crippen molar-refractivity contribution in [2.45, 2.75) is 13.8 Å². The molecule has 0 atom stereocenters. The molecule has 4 aromatic heterocycles. The van der Waals surface area contributed by atoms with E-state index in [0.717, 1.165) is 44.6 Å². The summed E-state index contributed by atoms with van der Waals surface area (Å²) in [5.74, 6) is 0.514. The predicted octanol–water partition coefficient (Wildman–Crippen LogP) is 1.22. The van der Waals surface area contributed by atoms with E-state index >= 15 is 0 Å². The van der Waals surface area contributed by atoms with Gasteiger partial charge in [0.05, 0.1) is 12.6 Å². The molecule has 0 spiro atoms. The summed E-state index contributed by atoms with van der Waals surface area (Å²) in [6.45, 7) is 3.90. The zero-order valence-corrected chi connectivity index (χ0v) is 14.6. The van der Waals surface area contributed by atoms with Crippen molar-refractivity contribution < 1.29 is 13.9 Å². The van der Waals surface area contributed by atoms with Crippen molar-refractivity contribution in [1.82, 2.24) is 14.0 Å². The average molecular weight is 349 g/mol. The van der Waals surface area contributed by atoms with E-state index in [4.69, 9.17) is 16.2 Å². The molecule has 1 amide bonds. The number of pyridine rings is 1. The number of fused-ring (bicyclic) bond motifs is 3. The summed E-state index contributed by atoms with van der Waals surface area (Å²) in [5, 5.41) is 5.23. The molecule has 0 aliphatic rings. The fraction of sp³-hybridized carbons (Fsp3) is 0.167. The van der Waals surface area contributed by atoms with E-state index in [2.05, 4.69) is 5.10 Å². The lowest BCUT2D eigenvalue weighted by molar-refractivity contribution is -0.461. The van der Waals surface area contributed by atoms with Crippen molar-refractivity contribution in [2.75, 3.05) is 12.8 Å². The molecular weight excluding hydrogens is 332 g/mol. The molecule has 0 aliphatic carbocycles. The van der Waals surface area contributed by atoms with Gasteiger partial charge in [-0.1, -0.05) is 0 Å². The van der Waals surface area contributed by atoms with Crippen LogP contribution in [0.3, 0.4) is 0 Å². The smallest absolute Gasteiger partial charge is 0.292 e. The van der Waals surface area contributed by atoms with Gasteiger partial charge in [-0.3, -0.25) is 14.9 Å². The molecular formula is C18H17N6O2+. The first-order valence-corrected chi connectivity index (χ1v) is 8.16. The zero-order chi connectivity index (χ0) is 18.3. The molecule has 4 heterocycles. The number of carbonyl (C=O) groups excluding carboxylic acids is 1. The quantitative estimate of drug-likeness (QED) is 0.369. The Bertz CT molecular complexity index is 1380. The van der Waals surface area contributed by atoms with Crippen LogP contribution in [0, 0.1) is 13.8 Å². The van der Waals surface area contributed by atoms with E-state index in [9.17, 15) is 4.79 Å². The van der Waals surface area contributed by atoms with Crippen molar-refractivity contribution in [3.05, 3.63) is 41.3 Å². The fourth-order valence-corrected chi connectivity index (χ4v) is 4.06. The highest BCUT2D eigenvalue weighted by molar-refractivity contribution is 6.12. The summed E-state index contributed by atoms with van der Waals surface area (Å²) in [6, 6.07) is 5.77. The van der Waals surface area contributed by atoms with Gasteiger partial charge in [-0.05, 0) is 32.0 Å². The number of carbonyl (C=O) groups is 1. The van der Waals surface area contributed by atoms with Gasteiger partial charge < -0.3 is 10.5 Å². The minimum atomic E-state index is -0.551. The second-order valence-electron chi connectivity index (χ2n) is 6.50. The Morgan fingerprint density at radius 1 is 1.27 bits per heavy atom. The maximum Gasteiger partial charge on any atom is 0.292 e. The Morgan fingerprint density at radius 2 is 2.04 bits per heavy atom. The maximum absolute atomic E-state index is 12.2. The van der Waals surface area contributed by atoms with Crippen molar-refractivity contribution in [3.63, 3.8) is 0 Å². The molecule has 5 rings (SSSR count). The SMILES string of the molecule is COc1ccc2c(c1C)[n+]1c(N)c(C(N)=O)c3cc(C)n4ncn2c4c31. The minimum absolute atomic E-state index is 0.324. The van der Waals surface area contributed by atoms with Gasteiger partial charge in [-0.25, -0.2) is 4.52 Å². The highest BCUT2D eigenvalue weighted by Gasteiger charge is 2.31. The van der Waals surface area contributed by atoms with Crippen LogP contribution in [0.5, 0.6) is 5.75 Å². The summed E-state index contributed by atoms with van der Waals surface area (Å²) in [4.78, 5) is 12.2. The van der Waals surface area contributed by atoms with E-state index in [0.29, 0.717) is 11.4 Å². The number of aromatic nitrogens is 4. The summed E-state index contributed by atoms with van der Waals surface area (Å²) < 4.78 is 11.2. The number of ether oxygens (including phenoxy) is 1. The number of aryl methyl sites for hydroxylation is 2. The van der Waals surface area contributed by atoms with Crippen molar-refractivity contribution >= 4 is 39.3 Å². The molecule has 8 heteroatoms. The Labute approximate surface area is 147 Å². The second-order valence-corrected chi connectivity index (χ2v) is 6.50. The number of primary amides is 1. The number of nitrogens with two attached hydrogens (primary N) is 2. The van der Waals surface area contributed by atoms with E-state index < -0.39 is 5.91 Å². The minimum Gasteiger partial charge on any atom is -0.496 e. The molecule has 8 nitrogen and oxygen atoms in total. The van der Waals surface area contributed by atoms with Crippen LogP contribution in [0.2, 0.25) is 0 Å². The highest BCUT2D eigenvalue weighted by atomic mass is 16.5. The molecule has 0 bridgehead atoms. The van der Waals surface area contributed by atoms with Gasteiger partial charge in [0.15, 0.2) is 16.7 Å². The summed E-state index contributed by atoms with van der Waals surface area (Å²) in [5.41, 5.74) is 17.6. The molecule has 0 unspecified atom stereocenters. The van der Waals surface area contributed by atoms with Crippen LogP contribution in [-0.4, -0.2) is 27.0 Å². The van der Waals surface area contributed by atoms with Gasteiger partial charge in [-0.2, -0.15) is 9.50 Å². The molecule has 0 fully saturated rings. The maximum atomic E-state index is 12.2. The van der Waals surface area contributed by atoms with Gasteiger partial charge >= 0.3 is 0 Å². The third-order valence-corrected chi connectivity index (χ3v) is 5.17. The summed E-state index contributed by atoms with van der Waals surface area (Å²) in [6.07, 6.45) is 1.77. The fourth-order valence-electron chi connectivity index (χ4n) is 4.06. The molecule has 0 radical (unpaired) electrons. The number of hydrogen-bond donors (Lipinski definition) is 2. The van der Waals surface area contributed by atoms with Gasteiger partial charge in [-0.15, -0.1) is 0 Å². The molecule has 26 heavy (non-hydrogen) atoms. The molecule has 0 saturated carbocycles. The lowest BCUT2D eigenvalue weighted by Gasteiger charge is -2.11. The van der Waals surface area contributed by atoms with Crippen LogP contribution < -0.4 is 20.6 Å². The lowest BCUT2D eigenvalue weighted by Crippen LogP contribution is -2.28. The Balaban J connectivity index is 2.24. The number of amides is 1. The Morgan fingerprint density at radius 3 is 2.73 bits per heavy atom. The molecule has 130 valence electrons. The first-order chi connectivity index (χ1) is 12.5. The zero-order valence-electron chi connectivity index (χ0n) is 14.6. The second kappa shape index (κ2) is 4.54. The third-order valence-electron chi connectivity index (χ3n) is 5.17. The van der Waals surface area contributed by atoms with E-state index in [1.807, 2.05) is 45.4 Å². The van der Waals surface area contributed by atoms with Crippen LogP contribution in [0.1, 0.15) is 21.6 Å². The molecule has 0 saturated heterocycles. The highest BCUT2D eigenvalue weighted by Crippen LogP contribution is 2.33. The van der Waals surface area contributed by atoms with Crippen molar-refractivity contribution in [3.8, 4) is 5.75 Å². The van der Waals surface area contributed by atoms with Gasteiger partial charge in [0.2, 0.25) is 0 Å². The van der Waals surface area contributed by atoms with Gasteiger partial charge in [0.1, 0.15) is 17.6 Å². The van der Waals surface area contributed by atoms with Crippen molar-refractivity contribution in [2.24, 2.45) is 5.73 Å². The number of hydrogen-bond acceptors (Lipinski definition) is 4. The first-order valence-electron chi connectivity index (χ1n) is 8.16. The van der Waals surface area contributed by atoms with E-state index in [1.165, 1.54) is 0 Å². The first kappa shape index (κ1) is 14.8. The summed E-state index contributed by atoms with van der Waals surface area (Å²) in [7, 11) is 1.63. The number of methoxy groups -OCH3 is 1. The van der Waals surface area contributed by atoms with Crippen LogP contribution in [-0.2, 0) is 0 Å². The van der Waals surface area contributed by atoms with Crippen LogP contribution in [0.4, 0.5) is 5.82 Å². The van der Waals surface area contributed by atoms with E-state index in [-0.39, 0.29) is 0 Å². The Hall–Kier alpha value is -3.55. The molecule has 0 aliphatic heterocycles. The number of nitrogens with zero attached hydrogens (tertiary/aromatic N) is 4. The number of nitrogen functional groups attached to an aromatic ring is 1. The number of rotatable bonds is 2. The largest absolute Gasteiger partial charge is 0.496 e. The third kappa shape index (κ3) is 1.47. The predicted molar refractivity (Wildman–Crippen MR) is 97.0 cm³/mol. The van der Waals surface area contributed by atoms with Crippen LogP contribution in [0.15, 0.2) is 24.5 Å². The topological polar surface area (TPSA) is 104 Å². The summed E-state index contributed by atoms with van der Waals surface area (Å²) >= 11 is 0. The van der Waals surface area contributed by atoms with Crippen molar-refractivity contribution in [1.29, 1.82) is 0 Å². The van der Waals surface area contributed by atoms with Crippen LogP contribution in [0.25, 0.3) is 27.6 Å². The molecule has 4 N–H and O–H groups in total. The molecule has 1 aromatic carbocycles. The molecule has 5 aromatic rings. The lowest BCUT2D eigenvalue weighted by atomic mass is 10.1. The Kier molecular flexibility index (Phi) is 2.58. The van der Waals surface area contributed by atoms with Crippen LogP contribution >= 0.6 is 0 Å². The standard InChI is InChI=1S/C18H16N6O2/c1-8-6-10-13(17(20)25)16(19)23-14-9(2)12(26-3)5-4-11(14)22-7-21-24(8)18(22)15(10)23/h4-7,19H,1-3H3,(H2,20,25)/p+1. The van der Waals surface area contributed by atoms with Gasteiger partial charge in [0, 0.05) is 16.6 Å². The van der Waals surface area contributed by atoms with E-state index in [1.54, 1.807) is 13.4 Å². The number of anilines is 1. The normalized spacial score (nSPS) is 12.1. The van der Waals surface area contributed by atoms with Gasteiger partial charge in [0.25, 0.3) is 11.7 Å².